The van der Waals surface area contributed by atoms with Crippen LogP contribution in [0.25, 0.3) is 33.5 Å². The zero-order chi connectivity index (χ0) is 55.2. The number of anilines is 3. The fourth-order valence-electron chi connectivity index (χ4n) is 8.50. The third-order valence-corrected chi connectivity index (χ3v) is 17.0. The topological polar surface area (TPSA) is 553 Å². The number of rotatable bonds is 19. The number of methoxy groups -OCH3 is 1. The lowest BCUT2D eigenvalue weighted by Crippen LogP contribution is -2.51. The molecule has 6 aromatic rings. The van der Waals surface area contributed by atoms with E-state index in [9.17, 15) is 62.7 Å². The number of fused-ring (bicyclic) bond motifs is 3. The number of ether oxygens (including phenoxy) is 4. The van der Waals surface area contributed by atoms with Crippen LogP contribution in [0.1, 0.15) is 25.6 Å². The molecule has 16 atom stereocenters. The van der Waals surface area contributed by atoms with Gasteiger partial charge in [-0.3, -0.25) is 51.5 Å². The van der Waals surface area contributed by atoms with Gasteiger partial charge < -0.3 is 89.1 Å². The Kier molecular flexibility index (Phi) is 14.8. The molecule has 0 aliphatic carbocycles. The highest BCUT2D eigenvalue weighted by atomic mass is 31.3. The number of hydrogen-bond donors (Lipinski definition) is 8. The summed E-state index contributed by atoms with van der Waals surface area (Å²) < 4.78 is 122. The normalized spacial score (nSPS) is 31.2. The van der Waals surface area contributed by atoms with Crippen molar-refractivity contribution < 1.29 is 108 Å². The van der Waals surface area contributed by atoms with Crippen LogP contribution in [0, 0.1) is 0 Å². The summed E-state index contributed by atoms with van der Waals surface area (Å²) in [4.78, 5) is 105. The van der Waals surface area contributed by atoms with E-state index in [1.165, 1.54) is 11.6 Å². The van der Waals surface area contributed by atoms with Gasteiger partial charge in [-0.2, -0.15) is 4.98 Å². The fraction of sp³-hybridized carbons (Fsp3) is 0.545. The van der Waals surface area contributed by atoms with Crippen molar-refractivity contribution in [2.45, 2.75) is 80.1 Å². The van der Waals surface area contributed by atoms with Crippen LogP contribution in [0.4, 0.5) is 22.1 Å². The summed E-state index contributed by atoms with van der Waals surface area (Å²) in [6.45, 7) is -3.00. The molecule has 3 saturated heterocycles. The summed E-state index contributed by atoms with van der Waals surface area (Å²) >= 11 is 0. The summed E-state index contributed by atoms with van der Waals surface area (Å²) in [5.41, 5.74) is 12.1. The quantitative estimate of drug-likeness (QED) is 0.0277. The third-order valence-electron chi connectivity index (χ3n) is 11.9. The molecule has 6 aromatic heterocycles. The number of nitrogens with one attached hydrogen (secondary N) is 2. The molecule has 38 nitrogen and oxygen atoms in total. The Hall–Kier alpha value is -5.18. The molecule has 3 aliphatic rings. The molecule has 11 N–H and O–H groups in total. The number of halogens is 1. The average molecular weight is 1160 g/mol. The van der Waals surface area contributed by atoms with E-state index in [1.54, 1.807) is 0 Å². The summed E-state index contributed by atoms with van der Waals surface area (Å²) in [6.07, 6.45) is -15.7. The average Bonchev–Trinajstić information content (AvgIpc) is 4.16. The second-order valence-corrected chi connectivity index (χ2v) is 22.8. The number of phosphoric ester groups is 3. The molecular weight excluding hydrogens is 1120 g/mol. The summed E-state index contributed by atoms with van der Waals surface area (Å²) in [6, 6.07) is 0. The van der Waals surface area contributed by atoms with E-state index in [1.807, 2.05) is 0 Å². The Balaban J connectivity index is 0.867. The lowest BCUT2D eigenvalue weighted by atomic mass is 9.98. The molecule has 0 spiro atoms. The molecule has 43 heteroatoms. The van der Waals surface area contributed by atoms with E-state index >= 15 is 4.39 Å². The lowest BCUT2D eigenvalue weighted by Gasteiger charge is -2.35. The highest BCUT2D eigenvalue weighted by Crippen LogP contribution is 2.63. The molecule has 0 saturated carbocycles. The van der Waals surface area contributed by atoms with E-state index in [4.69, 9.17) is 45.2 Å². The molecule has 9 heterocycles. The minimum Gasteiger partial charge on any atom is -0.756 e. The fourth-order valence-corrected chi connectivity index (χ4v) is 12.8. The molecule has 76 heavy (non-hydrogen) atoms. The van der Waals surface area contributed by atoms with Crippen molar-refractivity contribution in [3.8, 4) is 0 Å². The molecule has 0 amide bonds. The Morgan fingerprint density at radius 1 is 0.750 bits per heavy atom. The largest absolute Gasteiger partial charge is 0.756 e. The van der Waals surface area contributed by atoms with Gasteiger partial charge in [0.05, 0.1) is 39.5 Å². The first-order chi connectivity index (χ1) is 35.5. The van der Waals surface area contributed by atoms with Gasteiger partial charge in [0, 0.05) is 7.11 Å². The number of alkyl halides is 1. The van der Waals surface area contributed by atoms with Gasteiger partial charge in [0.15, 0.2) is 47.1 Å². The number of nitrogens with zero attached hydrogens (tertiary/aromatic N) is 10. The van der Waals surface area contributed by atoms with Crippen molar-refractivity contribution >= 4 is 82.5 Å². The molecule has 16 unspecified atom stereocenters. The first-order valence-corrected chi connectivity index (χ1v) is 27.3. The Morgan fingerprint density at radius 3 is 2.00 bits per heavy atom. The smallest absolute Gasteiger partial charge is 0.313 e. The highest BCUT2D eigenvalue weighted by Gasteiger charge is 2.58. The molecular formula is C33H41FN15O23P4-3. The molecule has 3 fully saturated rings. The van der Waals surface area contributed by atoms with Crippen LogP contribution in [-0.2, 0) is 71.0 Å². The van der Waals surface area contributed by atoms with Crippen LogP contribution in [0.2, 0.25) is 0 Å². The zero-order valence-corrected chi connectivity index (χ0v) is 42.2. The number of aliphatic hydroxyl groups excluding tert-OH is 3. The van der Waals surface area contributed by atoms with Crippen molar-refractivity contribution in [3.05, 3.63) is 46.0 Å². The van der Waals surface area contributed by atoms with E-state index in [-0.39, 0.29) is 51.2 Å². The first-order valence-electron chi connectivity index (χ1n) is 21.4. The molecule has 0 aromatic carbocycles. The second kappa shape index (κ2) is 20.2. The predicted octanol–water partition coefficient (Wildman–Crippen LogP) is -5.87. The van der Waals surface area contributed by atoms with Gasteiger partial charge in [0.2, 0.25) is 17.7 Å². The monoisotopic (exact) mass is 1160 g/mol. The SMILES string of the molecule is COC1C(OP(=O)([O-])OCC2OC(n3cnc4c(=O)[nH]c(N)nc43)C(O)C2O)C(COP(=O)([O-])OP(=O)([O-])OP(=O)([O-])OCC2OC([n+]3cn(C)c4c(=O)[nH]c(N)nc43)C(C)(F)C2O)OC1n1cnc2c(N)ncnc21. The van der Waals surface area contributed by atoms with E-state index in [0.717, 1.165) is 53.0 Å². The number of aromatic amines is 2. The van der Waals surface area contributed by atoms with Crippen LogP contribution < -0.4 is 52.5 Å². The van der Waals surface area contributed by atoms with Gasteiger partial charge in [0.25, 0.3) is 48.4 Å². The van der Waals surface area contributed by atoms with Gasteiger partial charge >= 0.3 is 5.65 Å². The van der Waals surface area contributed by atoms with Gasteiger partial charge in [0.1, 0.15) is 60.7 Å². The molecule has 9 rings (SSSR count). The number of nitrogens with two attached hydrogens (primary N) is 3. The number of phosphoric acid groups is 4. The van der Waals surface area contributed by atoms with E-state index in [0.29, 0.717) is 0 Å². The Bertz CT molecular complexity index is 3530. The van der Waals surface area contributed by atoms with Gasteiger partial charge in [-0.25, -0.2) is 37.5 Å². The van der Waals surface area contributed by atoms with Crippen molar-refractivity contribution in [1.29, 1.82) is 0 Å². The van der Waals surface area contributed by atoms with Crippen molar-refractivity contribution in [1.82, 2.24) is 53.6 Å². The van der Waals surface area contributed by atoms with Gasteiger partial charge in [-0.15, -0.1) is 0 Å². The van der Waals surface area contributed by atoms with Crippen LogP contribution in [0.3, 0.4) is 0 Å². The predicted molar refractivity (Wildman–Crippen MR) is 234 cm³/mol. The lowest BCUT2D eigenvalue weighted by molar-refractivity contribution is -0.750. The molecule has 3 aliphatic heterocycles. The number of aryl methyl sites for hydroxylation is 1. The maximum Gasteiger partial charge on any atom is 0.313 e. The van der Waals surface area contributed by atoms with Crippen LogP contribution >= 0.6 is 31.3 Å². The number of aromatic nitrogens is 12. The molecule has 0 radical (unpaired) electrons. The number of nitrogen functional groups attached to an aromatic ring is 3. The summed E-state index contributed by atoms with van der Waals surface area (Å²) in [5, 5.41) is 32.4. The zero-order valence-electron chi connectivity index (χ0n) is 38.7. The number of H-pyrrole nitrogens is 2. The minimum absolute atomic E-state index is 0.00363. The third kappa shape index (κ3) is 10.7. The summed E-state index contributed by atoms with van der Waals surface area (Å²) in [7, 11) is -22.6. The van der Waals surface area contributed by atoms with Crippen molar-refractivity contribution in [2.24, 2.45) is 7.05 Å². The van der Waals surface area contributed by atoms with Gasteiger partial charge in [-0.1, -0.05) is 4.98 Å². The van der Waals surface area contributed by atoms with Crippen LogP contribution in [-0.4, -0.2) is 150 Å². The Labute approximate surface area is 420 Å². The second-order valence-electron chi connectivity index (χ2n) is 17.0. The van der Waals surface area contributed by atoms with Crippen LogP contribution in [0.5, 0.6) is 0 Å². The summed E-state index contributed by atoms with van der Waals surface area (Å²) in [5.74, 6) is -0.837. The minimum atomic E-state index is -6.63. The van der Waals surface area contributed by atoms with Crippen LogP contribution in [0.15, 0.2) is 34.9 Å². The maximum atomic E-state index is 16.1. The van der Waals surface area contributed by atoms with Gasteiger partial charge in [-0.05, 0) is 6.92 Å². The highest BCUT2D eigenvalue weighted by molar-refractivity contribution is 7.65. The van der Waals surface area contributed by atoms with Crippen molar-refractivity contribution in [3.63, 3.8) is 0 Å². The van der Waals surface area contributed by atoms with Crippen molar-refractivity contribution in [2.75, 3.05) is 44.1 Å². The Morgan fingerprint density at radius 2 is 1.33 bits per heavy atom. The number of hydrogen-bond acceptors (Lipinski definition) is 32. The number of aliphatic hydroxyl groups is 3. The maximum absolute atomic E-state index is 16.1. The standard InChI is InChI=1S/C33H44FN15O23P4/c1-33(34)21(52)13(69-30(33)49-10-46(2)16-25(49)43-32(37)45-27(16)54)6-66-75(59,60)72-76(61,62)71-74(57,58)65-5-12-19(20(63-3)29(68-12)47-8-40-14-22(35)38-7-39-23(14)47)70-73(55,56)64-4-11-17(50)18(51)28(67-11)48-9-41-15-24(48)42-31(36)44-26(15)53/h7-13,17-21,28-30,50-52H,4-6H2,1-3H3,(H11-,35,36,37,38,39,42,43,44,45,53,54,55,56,57,58,59,60,61,62)/p-3. The number of imidazole rings is 3. The first kappa shape index (κ1) is 55.6. The molecule has 0 bridgehead atoms. The van der Waals surface area contributed by atoms with E-state index < -0.39 is 135 Å². The molecule has 416 valence electrons. The van der Waals surface area contributed by atoms with E-state index in [2.05, 4.69) is 57.5 Å².